The summed E-state index contributed by atoms with van der Waals surface area (Å²) in [6.45, 7) is 2.08. The third-order valence-electron chi connectivity index (χ3n) is 4.93. The summed E-state index contributed by atoms with van der Waals surface area (Å²) in [7, 11) is -4.05. The summed E-state index contributed by atoms with van der Waals surface area (Å²) in [6, 6.07) is 21.5. The largest absolute Gasteiger partial charge is 0.351 e. The highest BCUT2D eigenvalue weighted by molar-refractivity contribution is 7.89. The number of hydrogen-bond acceptors (Lipinski definition) is 3. The summed E-state index contributed by atoms with van der Waals surface area (Å²) in [5, 5.41) is 3.10. The van der Waals surface area contributed by atoms with Crippen LogP contribution in [-0.4, -0.2) is 31.7 Å². The highest BCUT2D eigenvalue weighted by atomic mass is 35.5. The molecule has 0 aliphatic carbocycles. The maximum atomic E-state index is 13.4. The Kier molecular flexibility index (Phi) is 8.32. The van der Waals surface area contributed by atoms with Crippen LogP contribution in [0.1, 0.15) is 16.7 Å². The van der Waals surface area contributed by atoms with Gasteiger partial charge in [-0.3, -0.25) is 4.79 Å². The molecule has 3 aromatic rings. The molecule has 0 atom stereocenters. The van der Waals surface area contributed by atoms with Crippen LogP contribution in [-0.2, 0) is 27.8 Å². The molecule has 0 saturated carbocycles. The molecule has 5 nitrogen and oxygen atoms in total. The van der Waals surface area contributed by atoms with Gasteiger partial charge in [0.25, 0.3) is 0 Å². The lowest BCUT2D eigenvalue weighted by atomic mass is 10.1. The van der Waals surface area contributed by atoms with Crippen molar-refractivity contribution in [1.82, 2.24) is 9.62 Å². The molecule has 0 saturated heterocycles. The number of carbonyl (C=O) groups excluding carboxylic acids is 1. The van der Waals surface area contributed by atoms with Gasteiger partial charge >= 0.3 is 0 Å². The van der Waals surface area contributed by atoms with E-state index in [-0.39, 0.29) is 28.0 Å². The minimum absolute atomic E-state index is 0.0548. The van der Waals surface area contributed by atoms with Crippen LogP contribution < -0.4 is 5.32 Å². The van der Waals surface area contributed by atoms with Crippen molar-refractivity contribution >= 4 is 39.1 Å². The maximum absolute atomic E-state index is 13.4. The van der Waals surface area contributed by atoms with Crippen molar-refractivity contribution in [3.63, 3.8) is 0 Å². The molecule has 1 N–H and O–H groups in total. The number of sulfonamides is 1. The first-order chi connectivity index (χ1) is 15.3. The molecule has 0 spiro atoms. The fraction of sp³-hybridized carbons (Fsp3) is 0.208. The topological polar surface area (TPSA) is 66.5 Å². The number of nitrogens with one attached hydrogen (secondary N) is 1. The van der Waals surface area contributed by atoms with Crippen LogP contribution in [0.15, 0.2) is 77.7 Å². The Balaban J connectivity index is 1.78. The molecule has 168 valence electrons. The summed E-state index contributed by atoms with van der Waals surface area (Å²) < 4.78 is 27.9. The van der Waals surface area contributed by atoms with Gasteiger partial charge < -0.3 is 5.32 Å². The summed E-state index contributed by atoms with van der Waals surface area (Å²) >= 11 is 12.2. The van der Waals surface area contributed by atoms with Crippen LogP contribution in [0.4, 0.5) is 0 Å². The molecule has 3 aromatic carbocycles. The third-order valence-corrected chi connectivity index (χ3v) is 7.50. The van der Waals surface area contributed by atoms with Gasteiger partial charge in [0.05, 0.1) is 11.6 Å². The smallest absolute Gasteiger partial charge is 0.245 e. The van der Waals surface area contributed by atoms with Gasteiger partial charge in [0.1, 0.15) is 4.90 Å². The first-order valence-corrected chi connectivity index (χ1v) is 12.3. The predicted molar refractivity (Wildman–Crippen MR) is 128 cm³/mol. The predicted octanol–water partition coefficient (Wildman–Crippen LogP) is 4.85. The monoisotopic (exact) mass is 490 g/mol. The van der Waals surface area contributed by atoms with Crippen molar-refractivity contribution in [3.05, 3.63) is 99.5 Å². The van der Waals surface area contributed by atoms with Gasteiger partial charge in [-0.2, -0.15) is 4.31 Å². The molecule has 32 heavy (non-hydrogen) atoms. The fourth-order valence-electron chi connectivity index (χ4n) is 3.12. The number of benzene rings is 3. The van der Waals surface area contributed by atoms with E-state index in [0.717, 1.165) is 21.0 Å². The summed E-state index contributed by atoms with van der Waals surface area (Å²) in [4.78, 5) is 12.5. The van der Waals surface area contributed by atoms with Crippen molar-refractivity contribution in [3.8, 4) is 0 Å². The number of rotatable bonds is 9. The Hall–Kier alpha value is -2.38. The van der Waals surface area contributed by atoms with Crippen LogP contribution in [0, 0.1) is 6.92 Å². The van der Waals surface area contributed by atoms with E-state index in [4.69, 9.17) is 23.2 Å². The minimum atomic E-state index is -4.05. The molecule has 8 heteroatoms. The van der Waals surface area contributed by atoms with Crippen molar-refractivity contribution in [2.45, 2.75) is 24.8 Å². The lowest BCUT2D eigenvalue weighted by Crippen LogP contribution is -2.41. The van der Waals surface area contributed by atoms with Crippen molar-refractivity contribution < 1.29 is 13.2 Å². The molecule has 0 aliphatic heterocycles. The van der Waals surface area contributed by atoms with Gasteiger partial charge in [-0.15, -0.1) is 0 Å². The molecule has 0 bridgehead atoms. The molecule has 0 aliphatic rings. The fourth-order valence-corrected chi connectivity index (χ4v) is 5.25. The van der Waals surface area contributed by atoms with Gasteiger partial charge in [-0.05, 0) is 42.7 Å². The van der Waals surface area contributed by atoms with Gasteiger partial charge in [-0.25, -0.2) is 8.42 Å². The number of carbonyl (C=O) groups is 1. The first-order valence-electron chi connectivity index (χ1n) is 10.1. The van der Waals surface area contributed by atoms with Crippen LogP contribution in [0.3, 0.4) is 0 Å². The normalized spacial score (nSPS) is 11.5. The van der Waals surface area contributed by atoms with Crippen molar-refractivity contribution in [1.29, 1.82) is 0 Å². The van der Waals surface area contributed by atoms with E-state index < -0.39 is 15.9 Å². The number of hydrogen-bond donors (Lipinski definition) is 1. The average molecular weight is 491 g/mol. The average Bonchev–Trinajstić information content (AvgIpc) is 2.78. The Morgan fingerprint density at radius 3 is 2.31 bits per heavy atom. The van der Waals surface area contributed by atoms with Crippen LogP contribution in [0.25, 0.3) is 0 Å². The Morgan fingerprint density at radius 1 is 0.938 bits per heavy atom. The third kappa shape index (κ3) is 6.56. The zero-order valence-electron chi connectivity index (χ0n) is 17.6. The van der Waals surface area contributed by atoms with E-state index in [2.05, 4.69) is 5.32 Å². The van der Waals surface area contributed by atoms with E-state index in [1.807, 2.05) is 61.5 Å². The highest BCUT2D eigenvalue weighted by Gasteiger charge is 2.28. The summed E-state index contributed by atoms with van der Waals surface area (Å²) in [6.07, 6.45) is 0.448. The first kappa shape index (κ1) is 24.3. The van der Waals surface area contributed by atoms with E-state index >= 15 is 0 Å². The van der Waals surface area contributed by atoms with Gasteiger partial charge in [0, 0.05) is 18.1 Å². The second-order valence-electron chi connectivity index (χ2n) is 7.41. The number of amides is 1. The quantitative estimate of drug-likeness (QED) is 0.465. The van der Waals surface area contributed by atoms with Gasteiger partial charge in [0.2, 0.25) is 15.9 Å². The number of nitrogens with zero attached hydrogens (tertiary/aromatic N) is 1. The Morgan fingerprint density at radius 2 is 1.62 bits per heavy atom. The molecule has 0 radical (unpaired) electrons. The zero-order valence-corrected chi connectivity index (χ0v) is 19.9. The molecule has 0 fully saturated rings. The van der Waals surface area contributed by atoms with E-state index in [9.17, 15) is 13.2 Å². The Labute approximate surface area is 199 Å². The summed E-state index contributed by atoms with van der Waals surface area (Å²) in [5.41, 5.74) is 3.02. The molecular formula is C24H24Cl2N2O3S. The molecule has 1 amide bonds. The second-order valence-corrected chi connectivity index (χ2v) is 10.2. The molecule has 0 heterocycles. The molecule has 3 rings (SSSR count). The SMILES string of the molecule is Cc1ccc(CNC(=O)CN(CCc2ccccc2)S(=O)(=O)c2cc(Cl)ccc2Cl)cc1. The van der Waals surface area contributed by atoms with Gasteiger partial charge in [0.15, 0.2) is 0 Å². The maximum Gasteiger partial charge on any atom is 0.245 e. The van der Waals surface area contributed by atoms with Crippen molar-refractivity contribution in [2.24, 2.45) is 0 Å². The van der Waals surface area contributed by atoms with Gasteiger partial charge in [-0.1, -0.05) is 83.4 Å². The molecular weight excluding hydrogens is 467 g/mol. The zero-order chi connectivity index (χ0) is 23.1. The summed E-state index contributed by atoms with van der Waals surface area (Å²) in [5.74, 6) is -0.402. The standard InChI is InChI=1S/C24H24Cl2N2O3S/c1-18-7-9-20(10-8-18)16-27-24(29)17-28(14-13-19-5-3-2-4-6-19)32(30,31)23-15-21(25)11-12-22(23)26/h2-12,15H,13-14,16-17H2,1H3,(H,27,29). The van der Waals surface area contributed by atoms with E-state index in [1.165, 1.54) is 18.2 Å². The van der Waals surface area contributed by atoms with Crippen LogP contribution >= 0.6 is 23.2 Å². The molecule has 0 aromatic heterocycles. The lowest BCUT2D eigenvalue weighted by Gasteiger charge is -2.22. The lowest BCUT2D eigenvalue weighted by molar-refractivity contribution is -0.121. The van der Waals surface area contributed by atoms with Crippen molar-refractivity contribution in [2.75, 3.05) is 13.1 Å². The van der Waals surface area contributed by atoms with E-state index in [0.29, 0.717) is 13.0 Å². The minimum Gasteiger partial charge on any atom is -0.351 e. The van der Waals surface area contributed by atoms with Crippen LogP contribution in [0.2, 0.25) is 10.0 Å². The molecule has 0 unspecified atom stereocenters. The Bertz CT molecular complexity index is 1170. The van der Waals surface area contributed by atoms with Crippen LogP contribution in [0.5, 0.6) is 0 Å². The van der Waals surface area contributed by atoms with E-state index in [1.54, 1.807) is 0 Å². The second kappa shape index (κ2) is 11.0. The number of halogens is 2. The number of aryl methyl sites for hydroxylation is 1. The highest BCUT2D eigenvalue weighted by Crippen LogP contribution is 2.28.